The maximum absolute atomic E-state index is 13.2. The Morgan fingerprint density at radius 1 is 1.56 bits per heavy atom. The predicted octanol–water partition coefficient (Wildman–Crippen LogP) is 3.22. The van der Waals surface area contributed by atoms with Gasteiger partial charge in [-0.3, -0.25) is 4.79 Å². The van der Waals surface area contributed by atoms with Crippen molar-refractivity contribution in [1.82, 2.24) is 0 Å². The fraction of sp³-hybridized carbons (Fsp3) is 0.462. The van der Waals surface area contributed by atoms with Crippen molar-refractivity contribution in [3.05, 3.63) is 35.4 Å². The molecule has 1 fully saturated rings. The first kappa shape index (κ1) is 11.1. The van der Waals surface area contributed by atoms with Gasteiger partial charge in [-0.2, -0.15) is 0 Å². The first-order valence-electron chi connectivity index (χ1n) is 5.50. The lowest BCUT2D eigenvalue weighted by Crippen LogP contribution is -2.13. The smallest absolute Gasteiger partial charge is 0.304 e. The van der Waals surface area contributed by atoms with Gasteiger partial charge in [0.15, 0.2) is 0 Å². The Hall–Kier alpha value is -1.38. The molecule has 3 heteroatoms. The molecule has 0 amide bonds. The minimum Gasteiger partial charge on any atom is -0.481 e. The monoisotopic (exact) mass is 222 g/mol. The Labute approximate surface area is 94.1 Å². The Morgan fingerprint density at radius 2 is 2.25 bits per heavy atom. The van der Waals surface area contributed by atoms with E-state index in [4.69, 9.17) is 5.11 Å². The molecule has 2 rings (SSSR count). The summed E-state index contributed by atoms with van der Waals surface area (Å²) in [5, 5.41) is 8.85. The van der Waals surface area contributed by atoms with Gasteiger partial charge in [0.05, 0.1) is 6.42 Å². The first-order chi connectivity index (χ1) is 7.53. The number of alkyl halides is 1. The molecule has 0 spiro atoms. The average Bonchev–Trinajstić information content (AvgIpc) is 2.98. The van der Waals surface area contributed by atoms with Gasteiger partial charge in [-0.15, -0.1) is 0 Å². The summed E-state index contributed by atoms with van der Waals surface area (Å²) in [4.78, 5) is 10.8. The van der Waals surface area contributed by atoms with E-state index in [9.17, 15) is 9.18 Å². The molecule has 2 nitrogen and oxygen atoms in total. The molecule has 0 aromatic heterocycles. The fourth-order valence-corrected chi connectivity index (χ4v) is 2.12. The quantitative estimate of drug-likeness (QED) is 0.849. The number of rotatable bonds is 4. The van der Waals surface area contributed by atoms with Crippen LogP contribution in [0.5, 0.6) is 0 Å². The molecular weight excluding hydrogens is 207 g/mol. The molecule has 1 aromatic carbocycles. The zero-order valence-corrected chi connectivity index (χ0v) is 9.24. The SMILES string of the molecule is CC(F)c1cccc(C2(CC(=O)O)CC2)c1. The van der Waals surface area contributed by atoms with Gasteiger partial charge in [0, 0.05) is 5.41 Å². The van der Waals surface area contributed by atoms with Crippen LogP contribution in [0.2, 0.25) is 0 Å². The second-order valence-corrected chi connectivity index (χ2v) is 4.59. The molecule has 1 aliphatic carbocycles. The number of carbonyl (C=O) groups is 1. The zero-order valence-electron chi connectivity index (χ0n) is 9.24. The largest absolute Gasteiger partial charge is 0.481 e. The van der Waals surface area contributed by atoms with E-state index in [2.05, 4.69) is 0 Å². The Kier molecular flexibility index (Phi) is 2.70. The highest BCUT2D eigenvalue weighted by Gasteiger charge is 2.45. The molecular formula is C13H15FO2. The van der Waals surface area contributed by atoms with E-state index in [-0.39, 0.29) is 11.8 Å². The third-order valence-corrected chi connectivity index (χ3v) is 3.30. The van der Waals surface area contributed by atoms with Gasteiger partial charge in [-0.05, 0) is 30.9 Å². The number of benzene rings is 1. The second-order valence-electron chi connectivity index (χ2n) is 4.59. The molecule has 1 N–H and O–H groups in total. The molecule has 0 aliphatic heterocycles. The Balaban J connectivity index is 2.27. The summed E-state index contributed by atoms with van der Waals surface area (Å²) in [7, 11) is 0. The fourth-order valence-electron chi connectivity index (χ4n) is 2.12. The van der Waals surface area contributed by atoms with E-state index in [1.165, 1.54) is 6.92 Å². The van der Waals surface area contributed by atoms with Crippen molar-refractivity contribution in [2.45, 2.75) is 37.8 Å². The van der Waals surface area contributed by atoms with Crippen molar-refractivity contribution in [3.8, 4) is 0 Å². The molecule has 1 atom stereocenters. The molecule has 0 heterocycles. The summed E-state index contributed by atoms with van der Waals surface area (Å²) in [5.74, 6) is -0.781. The molecule has 1 aliphatic rings. The summed E-state index contributed by atoms with van der Waals surface area (Å²) in [6.07, 6.45) is 0.935. The third-order valence-electron chi connectivity index (χ3n) is 3.30. The highest BCUT2D eigenvalue weighted by atomic mass is 19.1. The van der Waals surface area contributed by atoms with E-state index < -0.39 is 12.1 Å². The van der Waals surface area contributed by atoms with Gasteiger partial charge in [0.1, 0.15) is 6.17 Å². The number of carboxylic acids is 1. The van der Waals surface area contributed by atoms with E-state index in [0.29, 0.717) is 5.56 Å². The summed E-state index contributed by atoms with van der Waals surface area (Å²) < 4.78 is 13.2. The van der Waals surface area contributed by atoms with Crippen LogP contribution < -0.4 is 0 Å². The number of halogens is 1. The molecule has 1 saturated carbocycles. The zero-order chi connectivity index (χ0) is 11.8. The van der Waals surface area contributed by atoms with Crippen LogP contribution >= 0.6 is 0 Å². The molecule has 1 unspecified atom stereocenters. The van der Waals surface area contributed by atoms with Gasteiger partial charge in [0.2, 0.25) is 0 Å². The van der Waals surface area contributed by atoms with Crippen LogP contribution in [-0.4, -0.2) is 11.1 Å². The molecule has 0 saturated heterocycles. The van der Waals surface area contributed by atoms with Crippen LogP contribution in [0.15, 0.2) is 24.3 Å². The van der Waals surface area contributed by atoms with Gasteiger partial charge in [-0.1, -0.05) is 24.3 Å². The van der Waals surface area contributed by atoms with Crippen molar-refractivity contribution in [1.29, 1.82) is 0 Å². The minimum atomic E-state index is -0.999. The number of aliphatic carboxylic acids is 1. The average molecular weight is 222 g/mol. The van der Waals surface area contributed by atoms with E-state index in [1.807, 2.05) is 12.1 Å². The van der Waals surface area contributed by atoms with Gasteiger partial charge >= 0.3 is 5.97 Å². The summed E-state index contributed by atoms with van der Waals surface area (Å²) in [6.45, 7) is 1.50. The standard InChI is InChI=1S/C13H15FO2/c1-9(14)10-3-2-4-11(7-10)13(5-6-13)8-12(15)16/h2-4,7,9H,5-6,8H2,1H3,(H,15,16). The lowest BCUT2D eigenvalue weighted by atomic mass is 9.91. The molecule has 0 radical (unpaired) electrons. The maximum atomic E-state index is 13.2. The van der Waals surface area contributed by atoms with Crippen molar-refractivity contribution >= 4 is 5.97 Å². The second kappa shape index (κ2) is 3.89. The molecule has 1 aromatic rings. The van der Waals surface area contributed by atoms with Crippen LogP contribution in [0.3, 0.4) is 0 Å². The third kappa shape index (κ3) is 2.08. The molecule has 0 bridgehead atoms. The lowest BCUT2D eigenvalue weighted by molar-refractivity contribution is -0.137. The van der Waals surface area contributed by atoms with Crippen LogP contribution in [0.1, 0.15) is 43.5 Å². The summed E-state index contributed by atoms with van der Waals surface area (Å²) in [5.41, 5.74) is 1.38. The van der Waals surface area contributed by atoms with Crippen LogP contribution in [-0.2, 0) is 10.2 Å². The van der Waals surface area contributed by atoms with Crippen LogP contribution in [0, 0.1) is 0 Å². The van der Waals surface area contributed by atoms with Crippen molar-refractivity contribution in [2.75, 3.05) is 0 Å². The van der Waals surface area contributed by atoms with E-state index in [1.54, 1.807) is 12.1 Å². The van der Waals surface area contributed by atoms with E-state index >= 15 is 0 Å². The molecule has 86 valence electrons. The van der Waals surface area contributed by atoms with Gasteiger partial charge < -0.3 is 5.11 Å². The van der Waals surface area contributed by atoms with Crippen molar-refractivity contribution < 1.29 is 14.3 Å². The maximum Gasteiger partial charge on any atom is 0.304 e. The predicted molar refractivity (Wildman–Crippen MR) is 59.1 cm³/mol. The first-order valence-corrected chi connectivity index (χ1v) is 5.50. The van der Waals surface area contributed by atoms with Crippen LogP contribution in [0.25, 0.3) is 0 Å². The summed E-state index contributed by atoms with van der Waals surface area (Å²) >= 11 is 0. The minimum absolute atomic E-state index is 0.150. The van der Waals surface area contributed by atoms with Crippen molar-refractivity contribution in [2.24, 2.45) is 0 Å². The topological polar surface area (TPSA) is 37.3 Å². The highest BCUT2D eigenvalue weighted by Crippen LogP contribution is 2.51. The number of hydrogen-bond donors (Lipinski definition) is 1. The molecule has 16 heavy (non-hydrogen) atoms. The van der Waals surface area contributed by atoms with E-state index in [0.717, 1.165) is 18.4 Å². The van der Waals surface area contributed by atoms with Gasteiger partial charge in [-0.25, -0.2) is 4.39 Å². The summed E-state index contributed by atoms with van der Waals surface area (Å²) in [6, 6.07) is 7.26. The van der Waals surface area contributed by atoms with Crippen molar-refractivity contribution in [3.63, 3.8) is 0 Å². The lowest BCUT2D eigenvalue weighted by Gasteiger charge is -2.14. The highest BCUT2D eigenvalue weighted by molar-refractivity contribution is 5.70. The van der Waals surface area contributed by atoms with Gasteiger partial charge in [0.25, 0.3) is 0 Å². The Morgan fingerprint density at radius 3 is 2.75 bits per heavy atom. The van der Waals surface area contributed by atoms with Crippen LogP contribution in [0.4, 0.5) is 4.39 Å². The Bertz CT molecular complexity index is 408. The number of hydrogen-bond acceptors (Lipinski definition) is 1. The number of carboxylic acid groups (broad SMARTS) is 1. The normalized spacial score (nSPS) is 19.1.